The maximum atomic E-state index is 5.26. The lowest BCUT2D eigenvalue weighted by atomic mass is 10.2. The zero-order valence-corrected chi connectivity index (χ0v) is 10.2. The molecule has 0 aliphatic carbocycles. The molecule has 1 aliphatic rings. The van der Waals surface area contributed by atoms with Crippen molar-refractivity contribution >= 4 is 28.4 Å². The molecule has 0 spiro atoms. The summed E-state index contributed by atoms with van der Waals surface area (Å²) in [6.07, 6.45) is 0. The summed E-state index contributed by atoms with van der Waals surface area (Å²) in [7, 11) is 3.41. The summed E-state index contributed by atoms with van der Waals surface area (Å²) in [5.41, 5.74) is 1.22. The van der Waals surface area contributed by atoms with Crippen molar-refractivity contribution in [1.29, 1.82) is 0 Å². The molecule has 1 heterocycles. The fourth-order valence-corrected chi connectivity index (χ4v) is 3.42. The van der Waals surface area contributed by atoms with E-state index in [-0.39, 0.29) is 4.77 Å². The second-order valence-corrected chi connectivity index (χ2v) is 5.33. The highest BCUT2D eigenvalue weighted by atomic mass is 32.2. The first kappa shape index (κ1) is 10.9. The van der Waals surface area contributed by atoms with Crippen LogP contribution < -0.4 is 4.74 Å². The van der Waals surface area contributed by atoms with Crippen molar-refractivity contribution < 1.29 is 9.47 Å². The number of hydrogen-bond acceptors (Lipinski definition) is 4. The van der Waals surface area contributed by atoms with E-state index in [0.29, 0.717) is 0 Å². The lowest BCUT2D eigenvalue weighted by molar-refractivity contribution is 0.236. The van der Waals surface area contributed by atoms with E-state index in [1.165, 1.54) is 10.5 Å². The Balaban J connectivity index is 2.10. The van der Waals surface area contributed by atoms with Crippen molar-refractivity contribution in [3.05, 3.63) is 35.2 Å². The Kier molecular flexibility index (Phi) is 3.61. The zero-order valence-electron chi connectivity index (χ0n) is 8.60. The van der Waals surface area contributed by atoms with Crippen LogP contribution in [0.5, 0.6) is 5.75 Å². The number of rotatable bonds is 3. The Morgan fingerprint density at radius 2 is 1.87 bits per heavy atom. The van der Waals surface area contributed by atoms with E-state index in [2.05, 4.69) is 17.5 Å². The molecular weight excluding hydrogens is 228 g/mol. The van der Waals surface area contributed by atoms with Gasteiger partial charge in [0.25, 0.3) is 0 Å². The first-order valence-electron chi connectivity index (χ1n) is 4.53. The minimum atomic E-state index is 0.196. The molecule has 0 saturated carbocycles. The first-order valence-corrected chi connectivity index (χ1v) is 6.35. The smallest absolute Gasteiger partial charge is 0.157 e. The molecule has 15 heavy (non-hydrogen) atoms. The Labute approximate surface area is 98.0 Å². The quantitative estimate of drug-likeness (QED) is 0.805. The standard InChI is InChI=1S/C11H12O2S2/c1-12-9-5-3-8(4-6-9)10-7-14-11(13-2)15-10/h3-7,11H,1-2H3. The molecule has 1 unspecified atom stereocenters. The van der Waals surface area contributed by atoms with Crippen LogP contribution in [0.2, 0.25) is 0 Å². The van der Waals surface area contributed by atoms with Crippen LogP contribution in [0.25, 0.3) is 4.91 Å². The predicted octanol–water partition coefficient (Wildman–Crippen LogP) is 3.40. The van der Waals surface area contributed by atoms with Crippen molar-refractivity contribution in [3.63, 3.8) is 0 Å². The molecule has 2 nitrogen and oxygen atoms in total. The van der Waals surface area contributed by atoms with Gasteiger partial charge in [-0.05, 0) is 23.1 Å². The minimum Gasteiger partial charge on any atom is -0.497 e. The third-order valence-electron chi connectivity index (χ3n) is 2.08. The van der Waals surface area contributed by atoms with Gasteiger partial charge in [-0.1, -0.05) is 35.7 Å². The summed E-state index contributed by atoms with van der Waals surface area (Å²) in [5.74, 6) is 0.887. The number of ether oxygens (including phenoxy) is 2. The van der Waals surface area contributed by atoms with Gasteiger partial charge in [0.1, 0.15) is 5.75 Å². The van der Waals surface area contributed by atoms with Crippen molar-refractivity contribution in [2.75, 3.05) is 14.2 Å². The van der Waals surface area contributed by atoms with E-state index in [1.807, 2.05) is 12.1 Å². The van der Waals surface area contributed by atoms with Crippen LogP contribution in [-0.2, 0) is 4.74 Å². The summed E-state index contributed by atoms with van der Waals surface area (Å²) in [5, 5.41) is 2.14. The maximum Gasteiger partial charge on any atom is 0.157 e. The second-order valence-electron chi connectivity index (χ2n) is 2.99. The molecule has 0 amide bonds. The molecule has 0 bridgehead atoms. The number of methoxy groups -OCH3 is 2. The molecular formula is C11H12O2S2. The lowest BCUT2D eigenvalue weighted by Gasteiger charge is -2.06. The third-order valence-corrected chi connectivity index (χ3v) is 4.63. The van der Waals surface area contributed by atoms with Gasteiger partial charge in [-0.25, -0.2) is 0 Å². The Bertz CT molecular complexity index is 359. The van der Waals surface area contributed by atoms with E-state index in [0.717, 1.165) is 5.75 Å². The van der Waals surface area contributed by atoms with Crippen LogP contribution >= 0.6 is 23.5 Å². The van der Waals surface area contributed by atoms with Crippen LogP contribution in [0.3, 0.4) is 0 Å². The lowest BCUT2D eigenvalue weighted by Crippen LogP contribution is -1.93. The average Bonchev–Trinajstić information content (AvgIpc) is 2.78. The Morgan fingerprint density at radius 1 is 1.13 bits per heavy atom. The van der Waals surface area contributed by atoms with E-state index in [4.69, 9.17) is 9.47 Å². The van der Waals surface area contributed by atoms with Gasteiger partial charge in [0, 0.05) is 12.0 Å². The fraction of sp³-hybridized carbons (Fsp3) is 0.273. The van der Waals surface area contributed by atoms with Crippen LogP contribution in [0.15, 0.2) is 29.7 Å². The molecule has 0 N–H and O–H groups in total. The zero-order chi connectivity index (χ0) is 10.7. The van der Waals surface area contributed by atoms with Crippen LogP contribution in [-0.4, -0.2) is 19.0 Å². The molecule has 1 aromatic carbocycles. The molecule has 1 aliphatic heterocycles. The summed E-state index contributed by atoms with van der Waals surface area (Å²) < 4.78 is 10.6. The average molecular weight is 240 g/mol. The third kappa shape index (κ3) is 2.51. The van der Waals surface area contributed by atoms with E-state index in [9.17, 15) is 0 Å². The normalized spacial score (nSPS) is 20.1. The highest BCUT2D eigenvalue weighted by Crippen LogP contribution is 2.45. The van der Waals surface area contributed by atoms with Gasteiger partial charge < -0.3 is 9.47 Å². The van der Waals surface area contributed by atoms with E-state index in [1.54, 1.807) is 37.7 Å². The number of hydrogen-bond donors (Lipinski definition) is 0. The van der Waals surface area contributed by atoms with Gasteiger partial charge in [0.2, 0.25) is 0 Å². The van der Waals surface area contributed by atoms with Crippen molar-refractivity contribution in [1.82, 2.24) is 0 Å². The summed E-state index contributed by atoms with van der Waals surface area (Å²) >= 11 is 3.44. The summed E-state index contributed by atoms with van der Waals surface area (Å²) in [6.45, 7) is 0. The molecule has 1 atom stereocenters. The van der Waals surface area contributed by atoms with Crippen molar-refractivity contribution in [3.8, 4) is 5.75 Å². The highest BCUT2D eigenvalue weighted by Gasteiger charge is 2.18. The second kappa shape index (κ2) is 4.96. The minimum absolute atomic E-state index is 0.196. The molecule has 0 saturated heterocycles. The molecule has 0 aromatic heterocycles. The van der Waals surface area contributed by atoms with E-state index < -0.39 is 0 Å². The van der Waals surface area contributed by atoms with Crippen LogP contribution in [0.1, 0.15) is 5.56 Å². The van der Waals surface area contributed by atoms with Gasteiger partial charge in [0.05, 0.1) is 7.11 Å². The Morgan fingerprint density at radius 3 is 2.40 bits per heavy atom. The van der Waals surface area contributed by atoms with Crippen LogP contribution in [0.4, 0.5) is 0 Å². The number of benzene rings is 1. The fourth-order valence-electron chi connectivity index (χ4n) is 1.27. The molecule has 4 heteroatoms. The highest BCUT2D eigenvalue weighted by molar-refractivity contribution is 8.25. The van der Waals surface area contributed by atoms with Gasteiger partial charge in [-0.2, -0.15) is 0 Å². The monoisotopic (exact) mass is 240 g/mol. The summed E-state index contributed by atoms with van der Waals surface area (Å²) in [4.78, 5) is 1.26. The molecule has 80 valence electrons. The largest absolute Gasteiger partial charge is 0.497 e. The van der Waals surface area contributed by atoms with E-state index >= 15 is 0 Å². The molecule has 0 fully saturated rings. The molecule has 1 aromatic rings. The van der Waals surface area contributed by atoms with Gasteiger partial charge in [0.15, 0.2) is 4.77 Å². The van der Waals surface area contributed by atoms with Gasteiger partial charge in [-0.3, -0.25) is 0 Å². The van der Waals surface area contributed by atoms with Crippen molar-refractivity contribution in [2.24, 2.45) is 0 Å². The van der Waals surface area contributed by atoms with Crippen LogP contribution in [0, 0.1) is 0 Å². The molecule has 2 rings (SSSR count). The van der Waals surface area contributed by atoms with Crippen molar-refractivity contribution in [2.45, 2.75) is 4.77 Å². The maximum absolute atomic E-state index is 5.26. The first-order chi connectivity index (χ1) is 7.33. The van der Waals surface area contributed by atoms with Gasteiger partial charge in [-0.15, -0.1) is 0 Å². The predicted molar refractivity (Wildman–Crippen MR) is 67.0 cm³/mol. The molecule has 0 radical (unpaired) electrons. The van der Waals surface area contributed by atoms with Gasteiger partial charge >= 0.3 is 0 Å². The topological polar surface area (TPSA) is 18.5 Å². The Hall–Kier alpha value is -0.580. The summed E-state index contributed by atoms with van der Waals surface area (Å²) in [6, 6.07) is 8.08. The number of thioether (sulfide) groups is 2. The SMILES string of the molecule is COc1ccc(C2=CSC(OC)S2)cc1.